The van der Waals surface area contributed by atoms with Crippen molar-refractivity contribution in [2.24, 2.45) is 0 Å². The number of aromatic amines is 1. The summed E-state index contributed by atoms with van der Waals surface area (Å²) >= 11 is 5.55. The largest absolute Gasteiger partial charge is 0.439 e. The minimum atomic E-state index is -0.666. The first-order valence-corrected chi connectivity index (χ1v) is 4.06. The van der Waals surface area contributed by atoms with Crippen molar-refractivity contribution in [2.45, 2.75) is 0 Å². The van der Waals surface area contributed by atoms with E-state index in [4.69, 9.17) is 11.6 Å². The molecule has 0 saturated heterocycles. The van der Waals surface area contributed by atoms with E-state index in [1.165, 1.54) is 18.2 Å². The van der Waals surface area contributed by atoms with E-state index in [2.05, 4.69) is 14.7 Å². The van der Waals surface area contributed by atoms with Gasteiger partial charge in [0.15, 0.2) is 5.82 Å². The van der Waals surface area contributed by atoms with E-state index in [1.807, 2.05) is 0 Å². The first-order chi connectivity index (χ1) is 6.66. The first-order valence-electron chi connectivity index (χ1n) is 3.68. The number of benzene rings is 1. The van der Waals surface area contributed by atoms with Crippen molar-refractivity contribution in [3.8, 4) is 11.4 Å². The lowest BCUT2D eigenvalue weighted by Gasteiger charge is -1.96. The molecule has 0 atom stereocenters. The topological polar surface area (TPSA) is 58.9 Å². The second-order valence-electron chi connectivity index (χ2n) is 2.57. The van der Waals surface area contributed by atoms with E-state index < -0.39 is 11.6 Å². The number of halogens is 3. The lowest BCUT2D eigenvalue weighted by atomic mass is 10.2. The van der Waals surface area contributed by atoms with E-state index >= 15 is 0 Å². The summed E-state index contributed by atoms with van der Waals surface area (Å²) < 4.78 is 17.1. The summed E-state index contributed by atoms with van der Waals surface area (Å²) in [6.45, 7) is 0. The summed E-state index contributed by atoms with van der Waals surface area (Å²) in [4.78, 5) is 12.9. The van der Waals surface area contributed by atoms with Gasteiger partial charge in [-0.2, -0.15) is 0 Å². The van der Waals surface area contributed by atoms with Crippen LogP contribution in [0.1, 0.15) is 0 Å². The molecule has 0 bridgehead atoms. The number of hydrogen-bond acceptors (Lipinski definition) is 3. The van der Waals surface area contributed by atoms with Crippen LogP contribution in [0, 0.1) is 5.82 Å². The van der Waals surface area contributed by atoms with Gasteiger partial charge in [-0.3, -0.25) is 9.51 Å². The molecule has 7 heteroatoms. The van der Waals surface area contributed by atoms with E-state index in [1.54, 1.807) is 0 Å². The van der Waals surface area contributed by atoms with Gasteiger partial charge < -0.3 is 0 Å². The van der Waals surface area contributed by atoms with Crippen LogP contribution in [-0.2, 0) is 0 Å². The molecule has 0 aliphatic heterocycles. The smallest absolute Gasteiger partial charge is 0.296 e. The van der Waals surface area contributed by atoms with Crippen LogP contribution in [-0.4, -0.2) is 10.1 Å². The molecule has 0 aliphatic carbocycles. The summed E-state index contributed by atoms with van der Waals surface area (Å²) in [6.07, 6.45) is 0. The van der Waals surface area contributed by atoms with Gasteiger partial charge in [0.05, 0.1) is 5.02 Å². The Morgan fingerprint density at radius 2 is 2.20 bits per heavy atom. The van der Waals surface area contributed by atoms with E-state index in [9.17, 15) is 9.18 Å². The Kier molecular flexibility index (Phi) is 3.49. The molecule has 1 aromatic carbocycles. The van der Waals surface area contributed by atoms with Crippen molar-refractivity contribution in [3.63, 3.8) is 0 Å². The van der Waals surface area contributed by atoms with Crippen LogP contribution in [0.15, 0.2) is 27.5 Å². The van der Waals surface area contributed by atoms with Crippen molar-refractivity contribution >= 4 is 24.0 Å². The number of H-pyrrole nitrogens is 1. The van der Waals surface area contributed by atoms with Crippen LogP contribution in [0.4, 0.5) is 4.39 Å². The monoisotopic (exact) mass is 250 g/mol. The predicted octanol–water partition coefficient (Wildman–Crippen LogP) is 2.24. The average Bonchev–Trinajstić information content (AvgIpc) is 2.57. The molecule has 2 rings (SSSR count). The highest BCUT2D eigenvalue weighted by Gasteiger charge is 2.06. The molecule has 15 heavy (non-hydrogen) atoms. The Labute approximate surface area is 94.5 Å². The van der Waals surface area contributed by atoms with Gasteiger partial charge >= 0.3 is 5.76 Å². The van der Waals surface area contributed by atoms with Crippen LogP contribution in [0.5, 0.6) is 0 Å². The summed E-state index contributed by atoms with van der Waals surface area (Å²) in [6, 6.07) is 3.98. The molecule has 0 amide bonds. The molecule has 1 N–H and O–H groups in total. The molecule has 80 valence electrons. The van der Waals surface area contributed by atoms with Gasteiger partial charge in [-0.15, -0.1) is 12.4 Å². The van der Waals surface area contributed by atoms with Gasteiger partial charge in [0.25, 0.3) is 0 Å². The second-order valence-corrected chi connectivity index (χ2v) is 2.98. The highest BCUT2D eigenvalue weighted by molar-refractivity contribution is 6.31. The van der Waals surface area contributed by atoms with E-state index in [-0.39, 0.29) is 23.3 Å². The molecule has 1 heterocycles. The van der Waals surface area contributed by atoms with Crippen LogP contribution < -0.4 is 5.76 Å². The molecule has 4 nitrogen and oxygen atoms in total. The standard InChI is InChI=1S/C8H4ClFN2O2.ClH/c9-5-3-4(1-2-6(5)10)7-11-8(13)14-12-7;/h1-3H,(H,11,12,13);1H. The quantitative estimate of drug-likeness (QED) is 0.845. The number of rotatable bonds is 1. The fourth-order valence-corrected chi connectivity index (χ4v) is 1.18. The third-order valence-corrected chi connectivity index (χ3v) is 1.92. The Balaban J connectivity index is 0.00000112. The van der Waals surface area contributed by atoms with Crippen molar-refractivity contribution < 1.29 is 8.91 Å². The molecule has 0 unspecified atom stereocenters. The highest BCUT2D eigenvalue weighted by atomic mass is 35.5. The zero-order valence-corrected chi connectivity index (χ0v) is 8.73. The summed E-state index contributed by atoms with van der Waals surface area (Å²) in [5, 5.41) is 3.40. The molecule has 0 saturated carbocycles. The summed E-state index contributed by atoms with van der Waals surface area (Å²) in [5.74, 6) is -0.974. The maximum absolute atomic E-state index is 12.8. The minimum absolute atomic E-state index is 0. The Morgan fingerprint density at radius 1 is 1.47 bits per heavy atom. The molecule has 0 spiro atoms. The molecule has 0 radical (unpaired) electrons. The van der Waals surface area contributed by atoms with Gasteiger partial charge in [-0.1, -0.05) is 16.8 Å². The normalized spacial score (nSPS) is 9.73. The molecule has 0 aliphatic rings. The van der Waals surface area contributed by atoms with Gasteiger partial charge in [-0.05, 0) is 18.2 Å². The van der Waals surface area contributed by atoms with Crippen LogP contribution in [0.3, 0.4) is 0 Å². The maximum atomic E-state index is 12.8. The van der Waals surface area contributed by atoms with Crippen molar-refractivity contribution in [2.75, 3.05) is 0 Å². The SMILES string of the molecule is Cl.O=c1[nH]c(-c2ccc(F)c(Cl)c2)no1. The lowest BCUT2D eigenvalue weighted by Crippen LogP contribution is -1.94. The second kappa shape index (κ2) is 4.46. The zero-order chi connectivity index (χ0) is 10.1. The number of aromatic nitrogens is 2. The Hall–Kier alpha value is -1.33. The van der Waals surface area contributed by atoms with Crippen LogP contribution in [0.2, 0.25) is 5.02 Å². The number of nitrogens with one attached hydrogen (secondary N) is 1. The van der Waals surface area contributed by atoms with Gasteiger partial charge in [-0.25, -0.2) is 9.18 Å². The highest BCUT2D eigenvalue weighted by Crippen LogP contribution is 2.21. The minimum Gasteiger partial charge on any atom is -0.296 e. The Bertz CT molecular complexity index is 523. The fraction of sp³-hybridized carbons (Fsp3) is 0. The van der Waals surface area contributed by atoms with E-state index in [0.717, 1.165) is 0 Å². The van der Waals surface area contributed by atoms with Crippen LogP contribution >= 0.6 is 24.0 Å². The predicted molar refractivity (Wildman–Crippen MR) is 54.8 cm³/mol. The molecule has 0 fully saturated rings. The molecular formula is C8H5Cl2FN2O2. The van der Waals surface area contributed by atoms with Crippen LogP contribution in [0.25, 0.3) is 11.4 Å². The summed E-state index contributed by atoms with van der Waals surface area (Å²) in [5.41, 5.74) is 0.488. The molecular weight excluding hydrogens is 246 g/mol. The lowest BCUT2D eigenvalue weighted by molar-refractivity contribution is 0.388. The van der Waals surface area contributed by atoms with Crippen molar-refractivity contribution in [1.29, 1.82) is 0 Å². The zero-order valence-electron chi connectivity index (χ0n) is 7.16. The maximum Gasteiger partial charge on any atom is 0.439 e. The third kappa shape index (κ3) is 2.37. The van der Waals surface area contributed by atoms with Gasteiger partial charge in [0, 0.05) is 5.56 Å². The Morgan fingerprint density at radius 3 is 2.73 bits per heavy atom. The first kappa shape index (κ1) is 11.7. The summed E-state index contributed by atoms with van der Waals surface area (Å²) in [7, 11) is 0. The van der Waals surface area contributed by atoms with E-state index in [0.29, 0.717) is 5.56 Å². The fourth-order valence-electron chi connectivity index (χ4n) is 0.998. The van der Waals surface area contributed by atoms with Gasteiger partial charge in [0.1, 0.15) is 5.82 Å². The van der Waals surface area contributed by atoms with Crippen molar-refractivity contribution in [1.82, 2.24) is 10.1 Å². The third-order valence-electron chi connectivity index (χ3n) is 1.63. The average molecular weight is 251 g/mol. The molecule has 2 aromatic rings. The number of hydrogen-bond donors (Lipinski definition) is 1. The van der Waals surface area contributed by atoms with Gasteiger partial charge in [0.2, 0.25) is 0 Å². The number of nitrogens with zero attached hydrogens (tertiary/aromatic N) is 1. The van der Waals surface area contributed by atoms with Crippen molar-refractivity contribution in [3.05, 3.63) is 39.6 Å². The molecule has 1 aromatic heterocycles.